The fourth-order valence-electron chi connectivity index (χ4n) is 5.56. The van der Waals surface area contributed by atoms with E-state index in [0.29, 0.717) is 5.92 Å². The number of hydrogen-bond donors (Lipinski definition) is 1. The predicted molar refractivity (Wildman–Crippen MR) is 132 cm³/mol. The molecule has 0 saturated carbocycles. The van der Waals surface area contributed by atoms with Crippen LogP contribution in [0.5, 0.6) is 5.75 Å². The topological polar surface area (TPSA) is 88.7 Å². The van der Waals surface area contributed by atoms with Crippen LogP contribution < -0.4 is 4.74 Å². The van der Waals surface area contributed by atoms with E-state index < -0.39 is 11.0 Å². The number of aliphatic hydroxyl groups is 1. The molecular weight excluding hydrogens is 450 g/mol. The molecule has 8 heteroatoms. The van der Waals surface area contributed by atoms with E-state index in [1.807, 2.05) is 24.3 Å². The summed E-state index contributed by atoms with van der Waals surface area (Å²) < 4.78 is 5.46. The lowest BCUT2D eigenvalue weighted by molar-refractivity contribution is -0.384. The third kappa shape index (κ3) is 4.37. The number of non-ortho nitro benzene ring substituents is 1. The van der Waals surface area contributed by atoms with Crippen molar-refractivity contribution in [3.8, 4) is 5.75 Å². The summed E-state index contributed by atoms with van der Waals surface area (Å²) in [5, 5.41) is 24.3. The highest BCUT2D eigenvalue weighted by atomic mass is 32.2. The Balaban J connectivity index is 1.50. The Bertz CT molecular complexity index is 1200. The number of nitro benzene ring substituents is 1. The van der Waals surface area contributed by atoms with Gasteiger partial charge in [0.1, 0.15) is 10.8 Å². The third-order valence-corrected chi connectivity index (χ3v) is 8.36. The van der Waals surface area contributed by atoms with Gasteiger partial charge in [0, 0.05) is 35.0 Å². The Hall–Kier alpha value is -2.68. The predicted octanol–water partition coefficient (Wildman–Crippen LogP) is 5.46. The zero-order valence-electron chi connectivity index (χ0n) is 19.4. The number of aliphatic hydroxyl groups excluding tert-OH is 1. The van der Waals surface area contributed by atoms with Gasteiger partial charge in [-0.15, -0.1) is 0 Å². The van der Waals surface area contributed by atoms with E-state index in [1.54, 1.807) is 19.2 Å². The lowest BCUT2D eigenvalue weighted by Crippen LogP contribution is -2.55. The number of nitro groups is 1. The summed E-state index contributed by atoms with van der Waals surface area (Å²) in [6.07, 6.45) is 2.79. The number of fused-ring (bicyclic) bond motifs is 4. The van der Waals surface area contributed by atoms with Gasteiger partial charge in [0.15, 0.2) is 0 Å². The number of nitrogens with zero attached hydrogens (tertiary/aromatic N) is 3. The number of aromatic nitrogens is 1. The molecule has 1 N–H and O–H groups in total. The van der Waals surface area contributed by atoms with Gasteiger partial charge in [-0.1, -0.05) is 25.1 Å². The van der Waals surface area contributed by atoms with Crippen LogP contribution in [-0.2, 0) is 0 Å². The molecule has 3 aliphatic heterocycles. The average Bonchev–Trinajstić information content (AvgIpc) is 2.88. The molecule has 3 aliphatic rings. The van der Waals surface area contributed by atoms with Gasteiger partial charge < -0.3 is 9.84 Å². The number of rotatable bonds is 7. The van der Waals surface area contributed by atoms with Crippen LogP contribution in [0.25, 0.3) is 10.9 Å². The molecule has 3 saturated heterocycles. The number of benzene rings is 2. The number of pyridine rings is 1. The quantitative estimate of drug-likeness (QED) is 0.356. The highest BCUT2D eigenvalue weighted by Gasteiger charge is 2.42. The maximum Gasteiger partial charge on any atom is 0.269 e. The van der Waals surface area contributed by atoms with Crippen LogP contribution >= 0.6 is 11.8 Å². The summed E-state index contributed by atoms with van der Waals surface area (Å²) in [7, 11) is 1.64. The summed E-state index contributed by atoms with van der Waals surface area (Å²) in [5.74, 6) is 2.13. The van der Waals surface area contributed by atoms with Crippen LogP contribution in [0, 0.1) is 22.0 Å². The average molecular weight is 480 g/mol. The number of methoxy groups -OCH3 is 1. The van der Waals surface area contributed by atoms with Crippen molar-refractivity contribution in [2.45, 2.75) is 48.3 Å². The Morgan fingerprint density at radius 1 is 1.26 bits per heavy atom. The van der Waals surface area contributed by atoms with E-state index in [9.17, 15) is 15.2 Å². The normalized spacial score (nSPS) is 24.8. The molecule has 6 rings (SSSR count). The highest BCUT2D eigenvalue weighted by molar-refractivity contribution is 7.99. The highest BCUT2D eigenvalue weighted by Crippen LogP contribution is 2.43. The van der Waals surface area contributed by atoms with E-state index >= 15 is 0 Å². The van der Waals surface area contributed by atoms with Crippen molar-refractivity contribution in [1.29, 1.82) is 0 Å². The molecule has 4 heterocycles. The SMILES string of the molecule is CC[C@H]1CN2CC[C@H]1C[C@H]2[C@H](O)c1cc(Sc2ccc([N+](=O)[O-])cc2)nc2ccc(OC)cc12. The van der Waals surface area contributed by atoms with Crippen molar-refractivity contribution in [3.63, 3.8) is 0 Å². The van der Waals surface area contributed by atoms with Crippen LogP contribution in [0.15, 0.2) is 58.5 Å². The second-order valence-corrected chi connectivity index (χ2v) is 10.3. The second-order valence-electron chi connectivity index (χ2n) is 9.25. The van der Waals surface area contributed by atoms with Crippen molar-refractivity contribution < 1.29 is 14.8 Å². The minimum absolute atomic E-state index is 0.0609. The zero-order chi connectivity index (χ0) is 23.8. The van der Waals surface area contributed by atoms with Crippen molar-refractivity contribution in [2.24, 2.45) is 11.8 Å². The Morgan fingerprint density at radius 2 is 2.06 bits per heavy atom. The molecule has 0 spiro atoms. The Labute approximate surface area is 203 Å². The minimum atomic E-state index is -0.630. The molecular formula is C26H29N3O4S. The van der Waals surface area contributed by atoms with Crippen molar-refractivity contribution >= 4 is 28.4 Å². The van der Waals surface area contributed by atoms with Gasteiger partial charge in [0.05, 0.1) is 23.7 Å². The van der Waals surface area contributed by atoms with Crippen LogP contribution in [0.1, 0.15) is 37.9 Å². The maximum absolute atomic E-state index is 11.7. The van der Waals surface area contributed by atoms with E-state index in [2.05, 4.69) is 11.8 Å². The Morgan fingerprint density at radius 3 is 2.71 bits per heavy atom. The fourth-order valence-corrected chi connectivity index (χ4v) is 6.41. The lowest BCUT2D eigenvalue weighted by Gasteiger charge is -2.51. The molecule has 2 bridgehead atoms. The first-order valence-corrected chi connectivity index (χ1v) is 12.6. The first kappa shape index (κ1) is 23.1. The van der Waals surface area contributed by atoms with Crippen LogP contribution in [0.3, 0.4) is 0 Å². The molecule has 5 atom stereocenters. The van der Waals surface area contributed by atoms with E-state index in [-0.39, 0.29) is 11.7 Å². The number of piperidine rings is 3. The van der Waals surface area contributed by atoms with Crippen molar-refractivity contribution in [2.75, 3.05) is 20.2 Å². The molecule has 3 aromatic rings. The van der Waals surface area contributed by atoms with Crippen molar-refractivity contribution in [3.05, 3.63) is 64.2 Å². The Kier molecular flexibility index (Phi) is 6.46. The molecule has 0 aliphatic carbocycles. The number of ether oxygens (including phenoxy) is 1. The summed E-state index contributed by atoms with van der Waals surface area (Å²) >= 11 is 1.44. The van der Waals surface area contributed by atoms with Crippen LogP contribution in [-0.4, -0.2) is 46.2 Å². The maximum atomic E-state index is 11.7. The van der Waals surface area contributed by atoms with Gasteiger partial charge in [-0.3, -0.25) is 15.0 Å². The first-order chi connectivity index (χ1) is 16.5. The number of hydrogen-bond acceptors (Lipinski definition) is 7. The van der Waals surface area contributed by atoms with Crippen molar-refractivity contribution in [1.82, 2.24) is 9.88 Å². The van der Waals surface area contributed by atoms with Gasteiger partial charge in [0.25, 0.3) is 5.69 Å². The van der Waals surface area contributed by atoms with E-state index in [1.165, 1.54) is 36.7 Å². The standard InChI is InChI=1S/C26H29N3O4S/c1-3-16-15-28-11-10-17(16)12-24(28)26(30)22-14-25(27-23-9-6-19(33-2)13-21(22)23)34-20-7-4-18(5-8-20)29(31)32/h4-9,13-14,16-17,24,26,30H,3,10-12,15H2,1-2H3/t16-,17-,24-,26+/m0/s1. The largest absolute Gasteiger partial charge is 0.497 e. The summed E-state index contributed by atoms with van der Waals surface area (Å²) in [4.78, 5) is 18.7. The van der Waals surface area contributed by atoms with Crippen LogP contribution in [0.2, 0.25) is 0 Å². The van der Waals surface area contributed by atoms with Gasteiger partial charge in [-0.25, -0.2) is 4.98 Å². The minimum Gasteiger partial charge on any atom is -0.497 e. The molecule has 3 fully saturated rings. The van der Waals surface area contributed by atoms with Gasteiger partial charge in [0.2, 0.25) is 0 Å². The lowest BCUT2D eigenvalue weighted by atomic mass is 9.72. The summed E-state index contributed by atoms with van der Waals surface area (Å²) in [6, 6.07) is 14.3. The second kappa shape index (κ2) is 9.52. The van der Waals surface area contributed by atoms with E-state index in [0.717, 1.165) is 57.6 Å². The monoisotopic (exact) mass is 479 g/mol. The molecule has 178 valence electrons. The van der Waals surface area contributed by atoms with Gasteiger partial charge in [-0.2, -0.15) is 0 Å². The zero-order valence-corrected chi connectivity index (χ0v) is 20.2. The van der Waals surface area contributed by atoms with E-state index in [4.69, 9.17) is 9.72 Å². The third-order valence-electron chi connectivity index (χ3n) is 7.44. The molecule has 1 aromatic heterocycles. The van der Waals surface area contributed by atoms with Gasteiger partial charge in [-0.05, 0) is 73.2 Å². The molecule has 1 unspecified atom stereocenters. The van der Waals surface area contributed by atoms with Gasteiger partial charge >= 0.3 is 0 Å². The summed E-state index contributed by atoms with van der Waals surface area (Å²) in [5.41, 5.74) is 1.72. The smallest absolute Gasteiger partial charge is 0.269 e. The molecule has 0 radical (unpaired) electrons. The first-order valence-electron chi connectivity index (χ1n) is 11.8. The molecule has 34 heavy (non-hydrogen) atoms. The molecule has 7 nitrogen and oxygen atoms in total. The molecule has 2 aromatic carbocycles. The fraction of sp³-hybridized carbons (Fsp3) is 0.423. The summed E-state index contributed by atoms with van der Waals surface area (Å²) in [6.45, 7) is 4.36. The van der Waals surface area contributed by atoms with Crippen LogP contribution in [0.4, 0.5) is 5.69 Å². The molecule has 0 amide bonds.